The fourth-order valence-electron chi connectivity index (χ4n) is 4.80. The van der Waals surface area contributed by atoms with Gasteiger partial charge in [0, 0.05) is 28.2 Å². The number of halogens is 2. The Morgan fingerprint density at radius 3 is 2.64 bits per heavy atom. The summed E-state index contributed by atoms with van der Waals surface area (Å²) in [7, 11) is 1.51. The number of hydrogen-bond acceptors (Lipinski definition) is 10. The fraction of sp³-hybridized carbons (Fsp3) is 0.233. The van der Waals surface area contributed by atoms with Gasteiger partial charge in [-0.15, -0.1) is 0 Å². The van der Waals surface area contributed by atoms with Gasteiger partial charge in [0.15, 0.2) is 16.3 Å². The quantitative estimate of drug-likeness (QED) is 0.122. The molecule has 0 amide bonds. The molecule has 1 aliphatic heterocycles. The van der Waals surface area contributed by atoms with Crippen molar-refractivity contribution in [1.29, 1.82) is 0 Å². The van der Waals surface area contributed by atoms with E-state index in [0.717, 1.165) is 11.3 Å². The number of nitro groups is 1. The van der Waals surface area contributed by atoms with E-state index in [2.05, 4.69) is 20.9 Å². The number of nitrogens with zero attached hydrogens (tertiary/aromatic N) is 3. The standard InChI is InChI=1S/C30H25BrClN3O8S/c1-5-41-24-14-20(31)19(13-23(24)40-4)27-26(29(37)42-6-2)15(3)33-30-34(27)28(36)25(44-30)12-17-8-10-22(43-17)18-9-7-16(35(38)39)11-21(18)32/h7-14,27H,5-6H2,1-4H3/b25-12+/t27-/m1/s1. The van der Waals surface area contributed by atoms with Crippen molar-refractivity contribution in [1.82, 2.24) is 4.57 Å². The van der Waals surface area contributed by atoms with Crippen molar-refractivity contribution in [2.75, 3.05) is 20.3 Å². The molecule has 1 aliphatic rings. The number of benzene rings is 2. The van der Waals surface area contributed by atoms with Crippen LogP contribution in [0.3, 0.4) is 0 Å². The number of carbonyl (C=O) groups excluding carboxylic acids is 1. The first-order valence-electron chi connectivity index (χ1n) is 13.3. The molecule has 0 bridgehead atoms. The van der Waals surface area contributed by atoms with Crippen LogP contribution in [0, 0.1) is 10.1 Å². The van der Waals surface area contributed by atoms with Crippen molar-refractivity contribution in [2.24, 2.45) is 4.99 Å². The lowest BCUT2D eigenvalue weighted by atomic mass is 9.95. The predicted octanol–water partition coefficient (Wildman–Crippen LogP) is 5.79. The van der Waals surface area contributed by atoms with E-state index in [9.17, 15) is 19.7 Å². The zero-order valence-corrected chi connectivity index (χ0v) is 27.0. The molecule has 0 radical (unpaired) electrons. The van der Waals surface area contributed by atoms with Crippen LogP contribution in [0.1, 0.15) is 38.1 Å². The number of ether oxygens (including phenoxy) is 3. The number of carbonyl (C=O) groups is 1. The number of fused-ring (bicyclic) bond motifs is 1. The van der Waals surface area contributed by atoms with Gasteiger partial charge in [0.25, 0.3) is 11.2 Å². The normalized spacial score (nSPS) is 14.7. The second-order valence-electron chi connectivity index (χ2n) is 9.38. The molecule has 4 aromatic rings. The van der Waals surface area contributed by atoms with Gasteiger partial charge in [0.2, 0.25) is 0 Å². The fourth-order valence-corrected chi connectivity index (χ4v) is 6.63. The highest BCUT2D eigenvalue weighted by atomic mass is 79.9. The highest BCUT2D eigenvalue weighted by molar-refractivity contribution is 9.10. The van der Waals surface area contributed by atoms with Crippen molar-refractivity contribution >= 4 is 56.6 Å². The van der Waals surface area contributed by atoms with Gasteiger partial charge in [-0.2, -0.15) is 0 Å². The molecule has 0 aliphatic carbocycles. The monoisotopic (exact) mass is 701 g/mol. The molecule has 14 heteroatoms. The number of hydrogen-bond donors (Lipinski definition) is 0. The van der Waals surface area contributed by atoms with Crippen molar-refractivity contribution in [3.05, 3.63) is 104 Å². The number of allylic oxidation sites excluding steroid dienone is 1. The zero-order chi connectivity index (χ0) is 31.7. The molecule has 3 heterocycles. The maximum Gasteiger partial charge on any atom is 0.338 e. The Bertz CT molecular complexity index is 2010. The van der Waals surface area contributed by atoms with Gasteiger partial charge in [-0.05, 0) is 56.7 Å². The van der Waals surface area contributed by atoms with Crippen LogP contribution in [0.25, 0.3) is 17.4 Å². The molecule has 0 spiro atoms. The van der Waals surface area contributed by atoms with Gasteiger partial charge < -0.3 is 18.6 Å². The van der Waals surface area contributed by atoms with Crippen LogP contribution >= 0.6 is 38.9 Å². The summed E-state index contributed by atoms with van der Waals surface area (Å²) in [5.74, 6) is 1.05. The van der Waals surface area contributed by atoms with E-state index >= 15 is 0 Å². The smallest absolute Gasteiger partial charge is 0.338 e. The van der Waals surface area contributed by atoms with Gasteiger partial charge >= 0.3 is 5.97 Å². The summed E-state index contributed by atoms with van der Waals surface area (Å²) in [5, 5.41) is 11.2. The highest BCUT2D eigenvalue weighted by Gasteiger charge is 2.35. The molecule has 0 fully saturated rings. The summed E-state index contributed by atoms with van der Waals surface area (Å²) in [6, 6.07) is 9.96. The third-order valence-corrected chi connectivity index (χ3v) is 8.71. The Balaban J connectivity index is 1.65. The Morgan fingerprint density at radius 2 is 1.98 bits per heavy atom. The number of non-ortho nitro benzene ring substituents is 1. The van der Waals surface area contributed by atoms with Crippen molar-refractivity contribution in [2.45, 2.75) is 26.8 Å². The molecular formula is C30H25BrClN3O8S. The highest BCUT2D eigenvalue weighted by Crippen LogP contribution is 2.41. The van der Waals surface area contributed by atoms with E-state index in [-0.39, 0.29) is 22.9 Å². The molecule has 0 saturated carbocycles. The lowest BCUT2D eigenvalue weighted by Gasteiger charge is -2.26. The number of esters is 1. The summed E-state index contributed by atoms with van der Waals surface area (Å²) < 4.78 is 25.0. The minimum absolute atomic E-state index is 0.139. The van der Waals surface area contributed by atoms with E-state index in [1.807, 2.05) is 6.92 Å². The van der Waals surface area contributed by atoms with E-state index in [4.69, 9.17) is 30.2 Å². The van der Waals surface area contributed by atoms with Crippen LogP contribution in [0.15, 0.2) is 72.4 Å². The molecule has 228 valence electrons. The van der Waals surface area contributed by atoms with E-state index in [1.165, 1.54) is 29.9 Å². The second kappa shape index (κ2) is 12.8. The van der Waals surface area contributed by atoms with Gasteiger partial charge in [-0.3, -0.25) is 19.5 Å². The zero-order valence-electron chi connectivity index (χ0n) is 23.9. The average molecular weight is 703 g/mol. The summed E-state index contributed by atoms with van der Waals surface area (Å²) in [6.45, 7) is 5.81. The number of rotatable bonds is 9. The van der Waals surface area contributed by atoms with E-state index in [1.54, 1.807) is 44.2 Å². The first kappa shape index (κ1) is 31.2. The SMILES string of the molecule is CCOC(=O)C1=C(C)N=c2s/c(=C/c3ccc(-c4ccc([N+](=O)[O-])cc4Cl)o3)c(=O)n2[C@@H]1c1cc(OC)c(OCC)cc1Br. The van der Waals surface area contributed by atoms with Crippen molar-refractivity contribution in [3.63, 3.8) is 0 Å². The van der Waals surface area contributed by atoms with Crippen molar-refractivity contribution in [3.8, 4) is 22.8 Å². The molecule has 1 atom stereocenters. The van der Waals surface area contributed by atoms with Gasteiger partial charge in [0.05, 0.1) is 52.1 Å². The summed E-state index contributed by atoms with van der Waals surface area (Å²) in [5.41, 5.74) is 1.11. The van der Waals surface area contributed by atoms with Crippen LogP contribution < -0.4 is 24.4 Å². The first-order valence-corrected chi connectivity index (χ1v) is 15.3. The van der Waals surface area contributed by atoms with Crippen LogP contribution in [-0.2, 0) is 9.53 Å². The summed E-state index contributed by atoms with van der Waals surface area (Å²) in [4.78, 5) is 42.8. The number of thiazole rings is 1. The van der Waals surface area contributed by atoms with Gasteiger partial charge in [-0.25, -0.2) is 9.79 Å². The first-order chi connectivity index (χ1) is 21.1. The van der Waals surface area contributed by atoms with E-state index in [0.29, 0.717) is 60.3 Å². The molecule has 0 unspecified atom stereocenters. The predicted molar refractivity (Wildman–Crippen MR) is 168 cm³/mol. The molecular weight excluding hydrogens is 678 g/mol. The number of methoxy groups -OCH3 is 1. The number of furan rings is 1. The molecule has 2 aromatic carbocycles. The average Bonchev–Trinajstić information content (AvgIpc) is 3.56. The molecule has 11 nitrogen and oxygen atoms in total. The molecule has 44 heavy (non-hydrogen) atoms. The van der Waals surface area contributed by atoms with Gasteiger partial charge in [-0.1, -0.05) is 38.9 Å². The van der Waals surface area contributed by atoms with Crippen LogP contribution in [-0.4, -0.2) is 35.8 Å². The Morgan fingerprint density at radius 1 is 1.20 bits per heavy atom. The Kier molecular flexibility index (Phi) is 9.09. The molecule has 0 saturated heterocycles. The molecule has 0 N–H and O–H groups in total. The maximum absolute atomic E-state index is 14.0. The Labute approximate surface area is 267 Å². The Hall–Kier alpha value is -4.20. The minimum atomic E-state index is -0.891. The second-order valence-corrected chi connectivity index (χ2v) is 11.7. The summed E-state index contributed by atoms with van der Waals surface area (Å²) in [6.07, 6.45) is 1.57. The van der Waals surface area contributed by atoms with E-state index < -0.39 is 22.5 Å². The lowest BCUT2D eigenvalue weighted by Crippen LogP contribution is -2.40. The van der Waals surface area contributed by atoms with Crippen LogP contribution in [0.2, 0.25) is 5.02 Å². The minimum Gasteiger partial charge on any atom is -0.493 e. The van der Waals surface area contributed by atoms with Crippen molar-refractivity contribution < 1.29 is 28.3 Å². The number of aromatic nitrogens is 1. The number of nitro benzene ring substituents is 1. The third-order valence-electron chi connectivity index (χ3n) is 6.72. The third kappa shape index (κ3) is 5.82. The van der Waals surface area contributed by atoms with Crippen LogP contribution in [0.5, 0.6) is 11.5 Å². The molecule has 5 rings (SSSR count). The van der Waals surface area contributed by atoms with Crippen LogP contribution in [0.4, 0.5) is 5.69 Å². The van der Waals surface area contributed by atoms with Gasteiger partial charge in [0.1, 0.15) is 11.5 Å². The lowest BCUT2D eigenvalue weighted by molar-refractivity contribution is -0.384. The molecule has 2 aromatic heterocycles. The maximum atomic E-state index is 14.0. The largest absolute Gasteiger partial charge is 0.493 e. The summed E-state index contributed by atoms with van der Waals surface area (Å²) >= 11 is 11.0. The topological polar surface area (TPSA) is 135 Å².